The molecule has 2 rings (SSSR count). The fourth-order valence-corrected chi connectivity index (χ4v) is 3.79. The van der Waals surface area contributed by atoms with Crippen molar-refractivity contribution in [2.24, 2.45) is 0 Å². The SMILES string of the molecule is CCC(NC(=O)CN(c1ccc(OC)c(Cl)c1)S(C)(=O)=O)c1ccccc1. The molecule has 0 heterocycles. The van der Waals surface area contributed by atoms with Crippen LogP contribution in [0.1, 0.15) is 24.9 Å². The molecule has 27 heavy (non-hydrogen) atoms. The molecule has 1 unspecified atom stereocenters. The van der Waals surface area contributed by atoms with Gasteiger partial charge in [0.1, 0.15) is 12.3 Å². The van der Waals surface area contributed by atoms with Crippen LogP contribution in [0.25, 0.3) is 0 Å². The highest BCUT2D eigenvalue weighted by Gasteiger charge is 2.23. The van der Waals surface area contributed by atoms with Crippen LogP contribution in [-0.4, -0.2) is 34.2 Å². The van der Waals surface area contributed by atoms with Gasteiger partial charge >= 0.3 is 0 Å². The minimum Gasteiger partial charge on any atom is -0.495 e. The second kappa shape index (κ2) is 9.10. The van der Waals surface area contributed by atoms with Crippen LogP contribution in [0, 0.1) is 0 Å². The Morgan fingerprint density at radius 1 is 1.22 bits per heavy atom. The molecule has 1 amide bonds. The number of anilines is 1. The third-order valence-corrected chi connectivity index (χ3v) is 5.49. The van der Waals surface area contributed by atoms with Gasteiger partial charge in [-0.15, -0.1) is 0 Å². The van der Waals surface area contributed by atoms with Crippen molar-refractivity contribution >= 4 is 33.2 Å². The molecule has 0 aliphatic heterocycles. The molecule has 0 aromatic heterocycles. The summed E-state index contributed by atoms with van der Waals surface area (Å²) in [5.41, 5.74) is 1.26. The first-order valence-corrected chi connectivity index (χ1v) is 10.6. The van der Waals surface area contributed by atoms with E-state index in [2.05, 4.69) is 5.32 Å². The summed E-state index contributed by atoms with van der Waals surface area (Å²) in [4.78, 5) is 12.5. The van der Waals surface area contributed by atoms with E-state index < -0.39 is 15.9 Å². The number of methoxy groups -OCH3 is 1. The van der Waals surface area contributed by atoms with E-state index in [1.807, 2.05) is 37.3 Å². The van der Waals surface area contributed by atoms with Gasteiger partial charge < -0.3 is 10.1 Å². The first kappa shape index (κ1) is 21.1. The van der Waals surface area contributed by atoms with Crippen LogP contribution in [-0.2, 0) is 14.8 Å². The molecule has 0 saturated carbocycles. The molecule has 1 atom stereocenters. The second-order valence-electron chi connectivity index (χ2n) is 6.03. The number of carbonyl (C=O) groups excluding carboxylic acids is 1. The molecule has 1 N–H and O–H groups in total. The van der Waals surface area contributed by atoms with Crippen molar-refractivity contribution in [1.29, 1.82) is 0 Å². The number of rotatable bonds is 8. The van der Waals surface area contributed by atoms with Crippen molar-refractivity contribution in [1.82, 2.24) is 5.32 Å². The van der Waals surface area contributed by atoms with Crippen molar-refractivity contribution in [3.63, 3.8) is 0 Å². The Balaban J connectivity index is 2.21. The number of amides is 1. The van der Waals surface area contributed by atoms with Gasteiger partial charge in [0.25, 0.3) is 0 Å². The van der Waals surface area contributed by atoms with Gasteiger partial charge in [0, 0.05) is 0 Å². The summed E-state index contributed by atoms with van der Waals surface area (Å²) in [6, 6.07) is 13.9. The highest BCUT2D eigenvalue weighted by atomic mass is 35.5. The summed E-state index contributed by atoms with van der Waals surface area (Å²) >= 11 is 6.10. The maximum atomic E-state index is 12.5. The predicted octanol–water partition coefficient (Wildman–Crippen LogP) is 3.38. The van der Waals surface area contributed by atoms with Crippen LogP contribution in [0.15, 0.2) is 48.5 Å². The highest BCUT2D eigenvalue weighted by Crippen LogP contribution is 2.30. The fourth-order valence-electron chi connectivity index (χ4n) is 2.69. The minimum absolute atomic E-state index is 0.195. The van der Waals surface area contributed by atoms with E-state index in [0.29, 0.717) is 17.9 Å². The molecular weight excluding hydrogens is 388 g/mol. The van der Waals surface area contributed by atoms with Crippen molar-refractivity contribution in [2.45, 2.75) is 19.4 Å². The van der Waals surface area contributed by atoms with Gasteiger partial charge in [0.05, 0.1) is 30.1 Å². The third kappa shape index (κ3) is 5.61. The summed E-state index contributed by atoms with van der Waals surface area (Å²) < 4.78 is 30.6. The Hall–Kier alpha value is -2.25. The zero-order chi connectivity index (χ0) is 20.0. The summed E-state index contributed by atoms with van der Waals surface area (Å²) in [6.45, 7) is 1.61. The maximum absolute atomic E-state index is 12.5. The number of sulfonamides is 1. The van der Waals surface area contributed by atoms with Crippen LogP contribution in [0.3, 0.4) is 0 Å². The lowest BCUT2D eigenvalue weighted by Gasteiger charge is -2.24. The average Bonchev–Trinajstić information content (AvgIpc) is 2.64. The maximum Gasteiger partial charge on any atom is 0.241 e. The van der Waals surface area contributed by atoms with Gasteiger partial charge in [-0.25, -0.2) is 8.42 Å². The molecule has 2 aromatic rings. The molecule has 146 valence electrons. The Bertz CT molecular complexity index is 888. The molecule has 0 bridgehead atoms. The summed E-state index contributed by atoms with van der Waals surface area (Å²) in [5, 5.41) is 3.15. The van der Waals surface area contributed by atoms with E-state index >= 15 is 0 Å². The van der Waals surface area contributed by atoms with Gasteiger partial charge in [-0.1, -0.05) is 48.9 Å². The van der Waals surface area contributed by atoms with Crippen LogP contribution < -0.4 is 14.4 Å². The number of nitrogens with one attached hydrogen (secondary N) is 1. The Morgan fingerprint density at radius 2 is 1.89 bits per heavy atom. The third-order valence-electron chi connectivity index (χ3n) is 4.06. The molecule has 6 nitrogen and oxygen atoms in total. The van der Waals surface area contributed by atoms with E-state index in [1.165, 1.54) is 13.2 Å². The molecule has 8 heteroatoms. The minimum atomic E-state index is -3.68. The standard InChI is InChI=1S/C19H23ClN2O4S/c1-4-17(14-8-6-5-7-9-14)21-19(23)13-22(27(3,24)25)15-10-11-18(26-2)16(20)12-15/h5-12,17H,4,13H2,1-3H3,(H,21,23). The monoisotopic (exact) mass is 410 g/mol. The van der Waals surface area contributed by atoms with E-state index in [-0.39, 0.29) is 17.6 Å². The van der Waals surface area contributed by atoms with Gasteiger partial charge in [-0.3, -0.25) is 9.10 Å². The van der Waals surface area contributed by atoms with Gasteiger partial charge in [-0.05, 0) is 30.2 Å². The zero-order valence-corrected chi connectivity index (χ0v) is 17.0. The quantitative estimate of drug-likeness (QED) is 0.723. The van der Waals surface area contributed by atoms with Gasteiger partial charge in [0.2, 0.25) is 15.9 Å². The fraction of sp³-hybridized carbons (Fsp3) is 0.316. The number of nitrogens with zero attached hydrogens (tertiary/aromatic N) is 1. The molecule has 2 aromatic carbocycles. The van der Waals surface area contributed by atoms with E-state index in [1.54, 1.807) is 12.1 Å². The molecule has 0 fully saturated rings. The number of ether oxygens (including phenoxy) is 1. The Morgan fingerprint density at radius 3 is 2.41 bits per heavy atom. The number of hydrogen-bond donors (Lipinski definition) is 1. The number of halogens is 1. The lowest BCUT2D eigenvalue weighted by atomic mass is 10.0. The molecule has 0 aliphatic rings. The summed E-state index contributed by atoms with van der Waals surface area (Å²) in [7, 11) is -2.21. The van der Waals surface area contributed by atoms with Crippen molar-refractivity contribution in [3.8, 4) is 5.75 Å². The number of carbonyl (C=O) groups is 1. The normalized spacial score (nSPS) is 12.3. The van der Waals surface area contributed by atoms with Crippen LogP contribution in [0.2, 0.25) is 5.02 Å². The molecule has 0 spiro atoms. The van der Waals surface area contributed by atoms with E-state index in [0.717, 1.165) is 16.1 Å². The van der Waals surface area contributed by atoms with E-state index in [9.17, 15) is 13.2 Å². The first-order chi connectivity index (χ1) is 12.8. The van der Waals surface area contributed by atoms with E-state index in [4.69, 9.17) is 16.3 Å². The van der Waals surface area contributed by atoms with Gasteiger partial charge in [0.15, 0.2) is 0 Å². The predicted molar refractivity (Wildman–Crippen MR) is 108 cm³/mol. The molecule has 0 aliphatic carbocycles. The number of benzene rings is 2. The summed E-state index contributed by atoms with van der Waals surface area (Å²) in [5.74, 6) is 0.0245. The highest BCUT2D eigenvalue weighted by molar-refractivity contribution is 7.92. The Labute approximate surface area is 165 Å². The Kier molecular flexibility index (Phi) is 7.10. The second-order valence-corrected chi connectivity index (χ2v) is 8.34. The van der Waals surface area contributed by atoms with Crippen LogP contribution in [0.5, 0.6) is 5.75 Å². The van der Waals surface area contributed by atoms with Crippen molar-refractivity contribution in [3.05, 3.63) is 59.1 Å². The van der Waals surface area contributed by atoms with Crippen molar-refractivity contribution in [2.75, 3.05) is 24.2 Å². The lowest BCUT2D eigenvalue weighted by Crippen LogP contribution is -2.41. The molecule has 0 radical (unpaired) electrons. The molecule has 0 saturated heterocycles. The van der Waals surface area contributed by atoms with Crippen LogP contribution in [0.4, 0.5) is 5.69 Å². The molecular formula is C19H23ClN2O4S. The lowest BCUT2D eigenvalue weighted by molar-refractivity contribution is -0.120. The topological polar surface area (TPSA) is 75.7 Å². The van der Waals surface area contributed by atoms with Crippen LogP contribution >= 0.6 is 11.6 Å². The summed E-state index contributed by atoms with van der Waals surface area (Å²) in [6.07, 6.45) is 1.73. The smallest absolute Gasteiger partial charge is 0.241 e. The van der Waals surface area contributed by atoms with Gasteiger partial charge in [-0.2, -0.15) is 0 Å². The zero-order valence-electron chi connectivity index (χ0n) is 15.5. The van der Waals surface area contributed by atoms with Crippen molar-refractivity contribution < 1.29 is 17.9 Å². The average molecular weight is 411 g/mol. The first-order valence-electron chi connectivity index (χ1n) is 8.41. The largest absolute Gasteiger partial charge is 0.495 e. The number of hydrogen-bond acceptors (Lipinski definition) is 4.